The Morgan fingerprint density at radius 2 is 2.05 bits per heavy atom. The van der Waals surface area contributed by atoms with E-state index < -0.39 is 5.60 Å². The molecule has 4 heteroatoms. The van der Waals surface area contributed by atoms with E-state index in [2.05, 4.69) is 0 Å². The summed E-state index contributed by atoms with van der Waals surface area (Å²) < 4.78 is 11.6. The molecule has 124 valence electrons. The zero-order valence-electron chi connectivity index (χ0n) is 13.6. The number of hydrogen-bond acceptors (Lipinski definition) is 4. The van der Waals surface area contributed by atoms with Crippen LogP contribution in [-0.2, 0) is 10.3 Å². The van der Waals surface area contributed by atoms with E-state index in [1.165, 1.54) is 32.1 Å². The van der Waals surface area contributed by atoms with Crippen LogP contribution in [0.1, 0.15) is 44.1 Å². The fraction of sp³-hybridized carbons (Fsp3) is 0.667. The Bertz CT molecular complexity index is 440. The molecule has 0 radical (unpaired) electrons. The smallest absolute Gasteiger partial charge is 0.119 e. The van der Waals surface area contributed by atoms with Crippen molar-refractivity contribution in [1.29, 1.82) is 0 Å². The molecule has 22 heavy (non-hydrogen) atoms. The first-order valence-electron chi connectivity index (χ1n) is 8.33. The van der Waals surface area contributed by atoms with Crippen molar-refractivity contribution in [3.05, 3.63) is 29.8 Å². The summed E-state index contributed by atoms with van der Waals surface area (Å²) in [5, 5.41) is 9.76. The third kappa shape index (κ3) is 4.22. The molecule has 1 aromatic carbocycles. The number of rotatable bonds is 8. The van der Waals surface area contributed by atoms with E-state index in [0.717, 1.165) is 17.9 Å². The van der Waals surface area contributed by atoms with Gasteiger partial charge in [0.25, 0.3) is 0 Å². The van der Waals surface area contributed by atoms with E-state index >= 15 is 0 Å². The Balaban J connectivity index is 2.04. The van der Waals surface area contributed by atoms with Gasteiger partial charge in [0, 0.05) is 7.11 Å². The third-order valence-electron chi connectivity index (χ3n) is 4.76. The monoisotopic (exact) mass is 307 g/mol. The average Bonchev–Trinajstić information content (AvgIpc) is 2.59. The summed E-state index contributed by atoms with van der Waals surface area (Å²) in [7, 11) is 1.61. The molecule has 0 aromatic heterocycles. The Morgan fingerprint density at radius 3 is 2.68 bits per heavy atom. The van der Waals surface area contributed by atoms with Crippen molar-refractivity contribution in [1.82, 2.24) is 0 Å². The molecule has 1 saturated carbocycles. The second-order valence-corrected chi connectivity index (χ2v) is 6.24. The highest BCUT2D eigenvalue weighted by molar-refractivity contribution is 5.33. The minimum absolute atomic E-state index is 0.0905. The lowest BCUT2D eigenvalue weighted by Crippen LogP contribution is -2.35. The van der Waals surface area contributed by atoms with Crippen molar-refractivity contribution in [3.8, 4) is 5.75 Å². The highest BCUT2D eigenvalue weighted by Crippen LogP contribution is 2.31. The Morgan fingerprint density at radius 1 is 1.27 bits per heavy atom. The molecule has 1 aromatic rings. The first-order valence-corrected chi connectivity index (χ1v) is 8.33. The summed E-state index contributed by atoms with van der Waals surface area (Å²) in [5.41, 5.74) is 5.86. The molecule has 1 fully saturated rings. The van der Waals surface area contributed by atoms with Gasteiger partial charge in [0.15, 0.2) is 0 Å². The maximum absolute atomic E-state index is 9.76. The maximum Gasteiger partial charge on any atom is 0.119 e. The minimum Gasteiger partial charge on any atom is -0.493 e. The molecule has 3 N–H and O–H groups in total. The van der Waals surface area contributed by atoms with Crippen molar-refractivity contribution < 1.29 is 14.6 Å². The van der Waals surface area contributed by atoms with Gasteiger partial charge in [-0.15, -0.1) is 0 Å². The summed E-state index contributed by atoms with van der Waals surface area (Å²) >= 11 is 0. The van der Waals surface area contributed by atoms with Crippen LogP contribution in [0, 0.1) is 5.92 Å². The van der Waals surface area contributed by atoms with Crippen molar-refractivity contribution in [2.24, 2.45) is 11.7 Å². The average molecular weight is 307 g/mol. The highest BCUT2D eigenvalue weighted by Gasteiger charge is 2.31. The number of aliphatic hydroxyl groups is 1. The van der Waals surface area contributed by atoms with Gasteiger partial charge in [0.05, 0.1) is 13.2 Å². The lowest BCUT2D eigenvalue weighted by Gasteiger charge is -2.31. The first-order chi connectivity index (χ1) is 10.7. The molecule has 4 nitrogen and oxygen atoms in total. The molecule has 0 spiro atoms. The lowest BCUT2D eigenvalue weighted by molar-refractivity contribution is -0.0615. The quantitative estimate of drug-likeness (QED) is 0.775. The molecule has 0 bridgehead atoms. The molecular formula is C18H29NO3. The van der Waals surface area contributed by atoms with Crippen LogP contribution < -0.4 is 10.5 Å². The van der Waals surface area contributed by atoms with Crippen LogP contribution in [0.5, 0.6) is 5.75 Å². The molecule has 0 aliphatic heterocycles. The van der Waals surface area contributed by atoms with Crippen LogP contribution in [-0.4, -0.2) is 32.0 Å². The van der Waals surface area contributed by atoms with Gasteiger partial charge in [0.2, 0.25) is 0 Å². The predicted molar refractivity (Wildman–Crippen MR) is 88.0 cm³/mol. The van der Waals surface area contributed by atoms with Crippen molar-refractivity contribution in [3.63, 3.8) is 0 Å². The van der Waals surface area contributed by atoms with Gasteiger partial charge in [-0.3, -0.25) is 0 Å². The Hall–Kier alpha value is -1.10. The van der Waals surface area contributed by atoms with Gasteiger partial charge in [0.1, 0.15) is 11.4 Å². The number of methoxy groups -OCH3 is 1. The molecule has 0 heterocycles. The van der Waals surface area contributed by atoms with Gasteiger partial charge < -0.3 is 20.3 Å². The maximum atomic E-state index is 9.76. The number of hydrogen-bond donors (Lipinski definition) is 2. The predicted octanol–water partition coefficient (Wildman–Crippen LogP) is 2.83. The summed E-state index contributed by atoms with van der Waals surface area (Å²) in [6, 6.07) is 7.85. The van der Waals surface area contributed by atoms with Crippen LogP contribution >= 0.6 is 0 Å². The molecule has 0 amide bonds. The van der Waals surface area contributed by atoms with Crippen LogP contribution in [0.4, 0.5) is 0 Å². The fourth-order valence-corrected chi connectivity index (χ4v) is 3.27. The van der Waals surface area contributed by atoms with Crippen LogP contribution in [0.25, 0.3) is 0 Å². The second kappa shape index (κ2) is 8.51. The fourth-order valence-electron chi connectivity index (χ4n) is 3.27. The second-order valence-electron chi connectivity index (χ2n) is 6.24. The van der Waals surface area contributed by atoms with E-state index in [9.17, 15) is 5.11 Å². The molecule has 1 aliphatic rings. The normalized spacial score (nSPS) is 18.9. The topological polar surface area (TPSA) is 64.7 Å². The van der Waals surface area contributed by atoms with Crippen LogP contribution in [0.2, 0.25) is 0 Å². The van der Waals surface area contributed by atoms with E-state index in [1.54, 1.807) is 7.11 Å². The van der Waals surface area contributed by atoms with Gasteiger partial charge in [-0.2, -0.15) is 0 Å². The van der Waals surface area contributed by atoms with Gasteiger partial charge >= 0.3 is 0 Å². The standard InChI is InChI=1S/C18H29NO3/c1-21-18(14-20,10-11-19)16-8-5-9-17(12-16)22-13-15-6-3-2-4-7-15/h5,8-9,12,15,20H,2-4,6-7,10-11,13-14,19H2,1H3. The van der Waals surface area contributed by atoms with Gasteiger partial charge in [-0.05, 0) is 49.4 Å². The summed E-state index contributed by atoms with van der Waals surface area (Å²) in [6.45, 7) is 1.15. The highest BCUT2D eigenvalue weighted by atomic mass is 16.5. The van der Waals surface area contributed by atoms with Crippen LogP contribution in [0.3, 0.4) is 0 Å². The third-order valence-corrected chi connectivity index (χ3v) is 4.76. The van der Waals surface area contributed by atoms with E-state index in [-0.39, 0.29) is 6.61 Å². The Kier molecular flexibility index (Phi) is 6.68. The Labute approximate surface area is 133 Å². The van der Waals surface area contributed by atoms with Gasteiger partial charge in [-0.25, -0.2) is 0 Å². The van der Waals surface area contributed by atoms with E-state index in [4.69, 9.17) is 15.2 Å². The SMILES string of the molecule is COC(CO)(CCN)c1cccc(OCC2CCCCC2)c1. The van der Waals surface area contributed by atoms with E-state index in [1.807, 2.05) is 24.3 Å². The lowest BCUT2D eigenvalue weighted by atomic mass is 9.90. The number of ether oxygens (including phenoxy) is 2. The number of nitrogens with two attached hydrogens (primary N) is 1. The largest absolute Gasteiger partial charge is 0.493 e. The number of aliphatic hydroxyl groups excluding tert-OH is 1. The molecule has 2 rings (SSSR count). The zero-order valence-corrected chi connectivity index (χ0v) is 13.6. The van der Waals surface area contributed by atoms with Crippen molar-refractivity contribution >= 4 is 0 Å². The molecule has 1 atom stereocenters. The summed E-state index contributed by atoms with van der Waals surface area (Å²) in [4.78, 5) is 0. The van der Waals surface area contributed by atoms with Crippen molar-refractivity contribution in [2.75, 3.05) is 26.9 Å². The molecule has 1 unspecified atom stereocenters. The summed E-state index contributed by atoms with van der Waals surface area (Å²) in [6.07, 6.45) is 7.12. The zero-order chi connectivity index (χ0) is 15.8. The van der Waals surface area contributed by atoms with Crippen molar-refractivity contribution in [2.45, 2.75) is 44.1 Å². The van der Waals surface area contributed by atoms with Gasteiger partial charge in [-0.1, -0.05) is 31.4 Å². The molecule has 0 saturated heterocycles. The van der Waals surface area contributed by atoms with E-state index in [0.29, 0.717) is 18.9 Å². The minimum atomic E-state index is -0.737. The summed E-state index contributed by atoms with van der Waals surface area (Å²) in [5.74, 6) is 1.52. The first kappa shape index (κ1) is 17.3. The molecule has 1 aliphatic carbocycles. The number of benzene rings is 1. The van der Waals surface area contributed by atoms with Crippen LogP contribution in [0.15, 0.2) is 24.3 Å². The molecular weight excluding hydrogens is 278 g/mol.